The molecular formula is C12H19NO. The first kappa shape index (κ1) is 11.2. The minimum Gasteiger partial charge on any atom is -0.382 e. The highest BCUT2D eigenvalue weighted by Crippen LogP contribution is 2.17. The van der Waals surface area contributed by atoms with Crippen LogP contribution >= 0.6 is 0 Å². The summed E-state index contributed by atoms with van der Waals surface area (Å²) in [5.41, 5.74) is 7.05. The van der Waals surface area contributed by atoms with Crippen LogP contribution in [0.15, 0.2) is 30.3 Å². The Morgan fingerprint density at radius 3 is 2.57 bits per heavy atom. The summed E-state index contributed by atoms with van der Waals surface area (Å²) in [7, 11) is 0. The summed E-state index contributed by atoms with van der Waals surface area (Å²) in [5.74, 6) is 0.433. The molecule has 0 aliphatic heterocycles. The second kappa shape index (κ2) is 6.57. The van der Waals surface area contributed by atoms with E-state index in [9.17, 15) is 0 Å². The summed E-state index contributed by atoms with van der Waals surface area (Å²) in [6.07, 6.45) is 1.01. The smallest absolute Gasteiger partial charge is 0.0472 e. The van der Waals surface area contributed by atoms with Crippen molar-refractivity contribution in [2.45, 2.75) is 19.3 Å². The Morgan fingerprint density at radius 2 is 2.00 bits per heavy atom. The highest BCUT2D eigenvalue weighted by atomic mass is 16.5. The Kier molecular flexibility index (Phi) is 5.27. The van der Waals surface area contributed by atoms with Gasteiger partial charge < -0.3 is 10.5 Å². The van der Waals surface area contributed by atoms with Gasteiger partial charge in [-0.15, -0.1) is 0 Å². The molecule has 0 aliphatic rings. The van der Waals surface area contributed by atoms with Crippen LogP contribution < -0.4 is 5.73 Å². The quantitative estimate of drug-likeness (QED) is 0.703. The van der Waals surface area contributed by atoms with Gasteiger partial charge in [-0.1, -0.05) is 30.3 Å². The average molecular weight is 193 g/mol. The first-order valence-electron chi connectivity index (χ1n) is 5.21. The summed E-state index contributed by atoms with van der Waals surface area (Å²) < 4.78 is 5.33. The molecule has 1 aromatic carbocycles. The van der Waals surface area contributed by atoms with Gasteiger partial charge in [0.1, 0.15) is 0 Å². The third-order valence-electron chi connectivity index (χ3n) is 2.37. The van der Waals surface area contributed by atoms with Gasteiger partial charge in [0, 0.05) is 13.2 Å². The molecule has 0 aliphatic carbocycles. The molecule has 0 aromatic heterocycles. The second-order valence-corrected chi connectivity index (χ2v) is 3.33. The van der Waals surface area contributed by atoms with Crippen LogP contribution in [0.25, 0.3) is 0 Å². The number of hydrogen-bond donors (Lipinski definition) is 1. The topological polar surface area (TPSA) is 35.2 Å². The van der Waals surface area contributed by atoms with E-state index < -0.39 is 0 Å². The molecule has 14 heavy (non-hydrogen) atoms. The van der Waals surface area contributed by atoms with Crippen molar-refractivity contribution in [3.05, 3.63) is 35.9 Å². The van der Waals surface area contributed by atoms with Crippen molar-refractivity contribution in [3.63, 3.8) is 0 Å². The maximum absolute atomic E-state index is 5.73. The molecule has 1 aromatic rings. The monoisotopic (exact) mass is 193 g/mol. The molecule has 2 heteroatoms. The van der Waals surface area contributed by atoms with Crippen LogP contribution in [0.2, 0.25) is 0 Å². The van der Waals surface area contributed by atoms with Crippen molar-refractivity contribution in [2.24, 2.45) is 5.73 Å². The van der Waals surface area contributed by atoms with Gasteiger partial charge in [-0.2, -0.15) is 0 Å². The minimum atomic E-state index is 0.433. The predicted molar refractivity (Wildman–Crippen MR) is 59.3 cm³/mol. The molecule has 78 valence electrons. The van der Waals surface area contributed by atoms with Crippen LogP contribution in [0, 0.1) is 0 Å². The summed E-state index contributed by atoms with van der Waals surface area (Å²) in [6, 6.07) is 10.4. The van der Waals surface area contributed by atoms with Gasteiger partial charge in [0.2, 0.25) is 0 Å². The van der Waals surface area contributed by atoms with Gasteiger partial charge in [-0.05, 0) is 31.4 Å². The molecule has 0 radical (unpaired) electrons. The fraction of sp³-hybridized carbons (Fsp3) is 0.500. The van der Waals surface area contributed by atoms with Gasteiger partial charge in [0.15, 0.2) is 0 Å². The van der Waals surface area contributed by atoms with E-state index in [2.05, 4.69) is 24.3 Å². The molecule has 0 heterocycles. The van der Waals surface area contributed by atoms with E-state index in [1.54, 1.807) is 0 Å². The van der Waals surface area contributed by atoms with Crippen LogP contribution in [0.5, 0.6) is 0 Å². The normalized spacial score (nSPS) is 12.7. The Morgan fingerprint density at radius 1 is 1.29 bits per heavy atom. The van der Waals surface area contributed by atoms with E-state index in [4.69, 9.17) is 10.5 Å². The SMILES string of the molecule is CCOCCC(CN)c1ccccc1. The van der Waals surface area contributed by atoms with E-state index in [0.29, 0.717) is 12.5 Å². The highest BCUT2D eigenvalue weighted by molar-refractivity contribution is 5.19. The fourth-order valence-electron chi connectivity index (χ4n) is 1.52. The van der Waals surface area contributed by atoms with Crippen molar-refractivity contribution < 1.29 is 4.74 Å². The molecule has 0 amide bonds. The van der Waals surface area contributed by atoms with Crippen LogP contribution in [-0.2, 0) is 4.74 Å². The number of ether oxygens (including phenoxy) is 1. The lowest BCUT2D eigenvalue weighted by Gasteiger charge is -2.14. The zero-order valence-corrected chi connectivity index (χ0v) is 8.78. The Bertz CT molecular complexity index is 235. The minimum absolute atomic E-state index is 0.433. The van der Waals surface area contributed by atoms with E-state index in [1.165, 1.54) is 5.56 Å². The second-order valence-electron chi connectivity index (χ2n) is 3.33. The van der Waals surface area contributed by atoms with Gasteiger partial charge in [0.25, 0.3) is 0 Å². The third-order valence-corrected chi connectivity index (χ3v) is 2.37. The standard InChI is InChI=1S/C12H19NO/c1-2-14-9-8-12(10-13)11-6-4-3-5-7-11/h3-7,12H,2,8-10,13H2,1H3. The Balaban J connectivity index is 2.46. The third kappa shape index (κ3) is 3.48. The van der Waals surface area contributed by atoms with Crippen molar-refractivity contribution >= 4 is 0 Å². The maximum Gasteiger partial charge on any atom is 0.0472 e. The summed E-state index contributed by atoms with van der Waals surface area (Å²) >= 11 is 0. The van der Waals surface area contributed by atoms with Crippen LogP contribution in [-0.4, -0.2) is 19.8 Å². The average Bonchev–Trinajstić information content (AvgIpc) is 2.26. The molecule has 1 atom stereocenters. The van der Waals surface area contributed by atoms with Crippen molar-refractivity contribution in [2.75, 3.05) is 19.8 Å². The number of benzene rings is 1. The van der Waals surface area contributed by atoms with Crippen molar-refractivity contribution in [1.29, 1.82) is 0 Å². The van der Waals surface area contributed by atoms with Gasteiger partial charge in [-0.3, -0.25) is 0 Å². The van der Waals surface area contributed by atoms with E-state index in [1.807, 2.05) is 13.0 Å². The van der Waals surface area contributed by atoms with Gasteiger partial charge >= 0.3 is 0 Å². The zero-order valence-electron chi connectivity index (χ0n) is 8.78. The molecule has 0 fully saturated rings. The Labute approximate surface area is 86.1 Å². The van der Waals surface area contributed by atoms with Gasteiger partial charge in [-0.25, -0.2) is 0 Å². The lowest BCUT2D eigenvalue weighted by Crippen LogP contribution is -2.14. The molecular weight excluding hydrogens is 174 g/mol. The Hall–Kier alpha value is -0.860. The maximum atomic E-state index is 5.73. The highest BCUT2D eigenvalue weighted by Gasteiger charge is 2.08. The van der Waals surface area contributed by atoms with E-state index in [-0.39, 0.29) is 0 Å². The molecule has 1 unspecified atom stereocenters. The summed E-state index contributed by atoms with van der Waals surface area (Å²) in [4.78, 5) is 0. The lowest BCUT2D eigenvalue weighted by atomic mass is 9.96. The number of nitrogens with two attached hydrogens (primary N) is 1. The lowest BCUT2D eigenvalue weighted by molar-refractivity contribution is 0.140. The number of hydrogen-bond acceptors (Lipinski definition) is 2. The molecule has 2 N–H and O–H groups in total. The van der Waals surface area contributed by atoms with E-state index in [0.717, 1.165) is 19.6 Å². The van der Waals surface area contributed by atoms with Crippen LogP contribution in [0.4, 0.5) is 0 Å². The molecule has 0 saturated heterocycles. The van der Waals surface area contributed by atoms with Gasteiger partial charge in [0.05, 0.1) is 0 Å². The van der Waals surface area contributed by atoms with Crippen molar-refractivity contribution in [3.8, 4) is 0 Å². The number of rotatable bonds is 6. The van der Waals surface area contributed by atoms with E-state index >= 15 is 0 Å². The fourth-order valence-corrected chi connectivity index (χ4v) is 1.52. The zero-order chi connectivity index (χ0) is 10.2. The van der Waals surface area contributed by atoms with Crippen LogP contribution in [0.1, 0.15) is 24.8 Å². The summed E-state index contributed by atoms with van der Waals surface area (Å²) in [5, 5.41) is 0. The molecule has 2 nitrogen and oxygen atoms in total. The first-order chi connectivity index (χ1) is 6.88. The summed E-state index contributed by atoms with van der Waals surface area (Å²) in [6.45, 7) is 4.29. The molecule has 0 bridgehead atoms. The predicted octanol–water partition coefficient (Wildman–Crippen LogP) is 2.16. The largest absolute Gasteiger partial charge is 0.382 e. The molecule has 1 rings (SSSR count). The van der Waals surface area contributed by atoms with Crippen molar-refractivity contribution in [1.82, 2.24) is 0 Å². The molecule has 0 spiro atoms. The molecule has 0 saturated carbocycles. The van der Waals surface area contributed by atoms with Crippen LogP contribution in [0.3, 0.4) is 0 Å². The first-order valence-corrected chi connectivity index (χ1v) is 5.21.